The third-order valence-electron chi connectivity index (χ3n) is 3.99. The van der Waals surface area contributed by atoms with E-state index >= 15 is 0 Å². The maximum atomic E-state index is 13.3. The van der Waals surface area contributed by atoms with Crippen LogP contribution in [0.15, 0.2) is 42.5 Å². The van der Waals surface area contributed by atoms with Crippen molar-refractivity contribution in [2.45, 2.75) is 0 Å². The van der Waals surface area contributed by atoms with Crippen molar-refractivity contribution in [2.24, 2.45) is 0 Å². The number of halogens is 2. The molecule has 1 fully saturated rings. The summed E-state index contributed by atoms with van der Waals surface area (Å²) in [7, 11) is 0. The van der Waals surface area contributed by atoms with Gasteiger partial charge in [-0.15, -0.1) is 0 Å². The van der Waals surface area contributed by atoms with E-state index in [1.165, 1.54) is 6.07 Å². The maximum absolute atomic E-state index is 13.3. The molecule has 0 spiro atoms. The van der Waals surface area contributed by atoms with Gasteiger partial charge in [-0.25, -0.2) is 8.78 Å². The highest BCUT2D eigenvalue weighted by Gasteiger charge is 2.23. The third kappa shape index (κ3) is 3.26. The molecule has 1 saturated heterocycles. The molecule has 3 rings (SSSR count). The van der Waals surface area contributed by atoms with Gasteiger partial charge in [0.1, 0.15) is 0 Å². The summed E-state index contributed by atoms with van der Waals surface area (Å²) in [4.78, 5) is 16.2. The number of carbonyl (C=O) groups is 1. The molecule has 0 saturated carbocycles. The minimum Gasteiger partial charge on any atom is -0.399 e. The van der Waals surface area contributed by atoms with Crippen LogP contribution in [0, 0.1) is 11.6 Å². The Bertz CT molecular complexity index is 710. The SMILES string of the molecule is Nc1ccc(N2CCN(C(=O)c3ccc(F)c(F)c3)CC2)cc1. The van der Waals surface area contributed by atoms with Crippen molar-refractivity contribution in [1.29, 1.82) is 0 Å². The van der Waals surface area contributed by atoms with Crippen molar-refractivity contribution >= 4 is 17.3 Å². The van der Waals surface area contributed by atoms with Crippen LogP contribution in [0.4, 0.5) is 20.2 Å². The standard InChI is InChI=1S/C17H17F2N3O/c18-15-6-1-12(11-16(15)19)17(23)22-9-7-21(8-10-22)14-4-2-13(20)3-5-14/h1-6,11H,7-10,20H2. The Hall–Kier alpha value is -2.63. The van der Waals surface area contributed by atoms with Crippen LogP contribution in [0.5, 0.6) is 0 Å². The molecule has 2 N–H and O–H groups in total. The second kappa shape index (κ2) is 6.24. The molecule has 0 atom stereocenters. The zero-order chi connectivity index (χ0) is 16.4. The van der Waals surface area contributed by atoms with Gasteiger partial charge in [-0.1, -0.05) is 0 Å². The molecule has 6 heteroatoms. The molecule has 23 heavy (non-hydrogen) atoms. The first-order valence-corrected chi connectivity index (χ1v) is 7.39. The number of benzene rings is 2. The van der Waals surface area contributed by atoms with Crippen molar-refractivity contribution in [1.82, 2.24) is 4.90 Å². The fourth-order valence-electron chi connectivity index (χ4n) is 2.66. The Labute approximate surface area is 133 Å². The average molecular weight is 317 g/mol. The molecule has 1 aliphatic rings. The van der Waals surface area contributed by atoms with Crippen LogP contribution in [0.2, 0.25) is 0 Å². The molecular formula is C17H17F2N3O. The molecule has 0 bridgehead atoms. The summed E-state index contributed by atoms with van der Waals surface area (Å²) in [6.07, 6.45) is 0. The Morgan fingerprint density at radius 2 is 1.57 bits per heavy atom. The van der Waals surface area contributed by atoms with Crippen molar-refractivity contribution in [2.75, 3.05) is 36.8 Å². The number of nitrogens with zero attached hydrogens (tertiary/aromatic N) is 2. The second-order valence-electron chi connectivity index (χ2n) is 5.50. The van der Waals surface area contributed by atoms with Crippen LogP contribution >= 0.6 is 0 Å². The molecule has 1 aliphatic heterocycles. The minimum absolute atomic E-state index is 0.171. The molecule has 1 heterocycles. The van der Waals surface area contributed by atoms with Gasteiger partial charge in [0.2, 0.25) is 0 Å². The number of anilines is 2. The Kier molecular flexibility index (Phi) is 4.14. The van der Waals surface area contributed by atoms with Crippen molar-refractivity contribution in [3.63, 3.8) is 0 Å². The first kappa shape index (κ1) is 15.3. The topological polar surface area (TPSA) is 49.6 Å². The summed E-state index contributed by atoms with van der Waals surface area (Å²) in [5.41, 5.74) is 7.61. The fourth-order valence-corrected chi connectivity index (χ4v) is 2.66. The van der Waals surface area contributed by atoms with Crippen LogP contribution in [-0.4, -0.2) is 37.0 Å². The maximum Gasteiger partial charge on any atom is 0.254 e. The monoisotopic (exact) mass is 317 g/mol. The lowest BCUT2D eigenvalue weighted by Crippen LogP contribution is -2.48. The number of piperazine rings is 1. The van der Waals surface area contributed by atoms with Crippen LogP contribution < -0.4 is 10.6 Å². The first-order valence-electron chi connectivity index (χ1n) is 7.39. The predicted molar refractivity (Wildman–Crippen MR) is 85.3 cm³/mol. The summed E-state index contributed by atoms with van der Waals surface area (Å²) in [5.74, 6) is -2.23. The quantitative estimate of drug-likeness (QED) is 0.866. The molecule has 0 aliphatic carbocycles. The minimum atomic E-state index is -1.00. The molecule has 0 aromatic heterocycles. The number of hydrogen-bond acceptors (Lipinski definition) is 3. The van der Waals surface area contributed by atoms with Gasteiger partial charge < -0.3 is 15.5 Å². The lowest BCUT2D eigenvalue weighted by Gasteiger charge is -2.36. The third-order valence-corrected chi connectivity index (χ3v) is 3.99. The van der Waals surface area contributed by atoms with E-state index in [1.54, 1.807) is 4.90 Å². The molecule has 2 aromatic rings. The normalized spacial score (nSPS) is 14.9. The summed E-state index contributed by atoms with van der Waals surface area (Å²) in [6, 6.07) is 10.8. The number of amides is 1. The van der Waals surface area contributed by atoms with Gasteiger partial charge in [0, 0.05) is 43.1 Å². The Morgan fingerprint density at radius 1 is 0.913 bits per heavy atom. The van der Waals surface area contributed by atoms with E-state index in [-0.39, 0.29) is 11.5 Å². The smallest absolute Gasteiger partial charge is 0.254 e. The largest absolute Gasteiger partial charge is 0.399 e. The lowest BCUT2D eigenvalue weighted by molar-refractivity contribution is 0.0746. The Morgan fingerprint density at radius 3 is 2.17 bits per heavy atom. The van der Waals surface area contributed by atoms with Crippen LogP contribution in [0.25, 0.3) is 0 Å². The van der Waals surface area contributed by atoms with E-state index in [0.717, 1.165) is 17.8 Å². The molecule has 0 radical (unpaired) electrons. The van der Waals surface area contributed by atoms with E-state index in [2.05, 4.69) is 4.90 Å². The summed E-state index contributed by atoms with van der Waals surface area (Å²) < 4.78 is 26.2. The van der Waals surface area contributed by atoms with Crippen LogP contribution in [-0.2, 0) is 0 Å². The van der Waals surface area contributed by atoms with Crippen LogP contribution in [0.3, 0.4) is 0 Å². The zero-order valence-corrected chi connectivity index (χ0v) is 12.5. The summed E-state index contributed by atoms with van der Waals surface area (Å²) in [5, 5.41) is 0. The number of nitrogens with two attached hydrogens (primary N) is 1. The number of carbonyl (C=O) groups excluding carboxylic acids is 1. The average Bonchev–Trinajstić information content (AvgIpc) is 2.57. The van der Waals surface area contributed by atoms with Gasteiger partial charge in [0.05, 0.1) is 0 Å². The molecule has 1 amide bonds. The van der Waals surface area contributed by atoms with E-state index in [1.807, 2.05) is 24.3 Å². The zero-order valence-electron chi connectivity index (χ0n) is 12.5. The second-order valence-corrected chi connectivity index (χ2v) is 5.50. The number of hydrogen-bond donors (Lipinski definition) is 1. The molecule has 0 unspecified atom stereocenters. The van der Waals surface area contributed by atoms with E-state index < -0.39 is 11.6 Å². The number of nitrogen functional groups attached to an aromatic ring is 1. The van der Waals surface area contributed by atoms with E-state index in [4.69, 9.17) is 5.73 Å². The summed E-state index contributed by atoms with van der Waals surface area (Å²) >= 11 is 0. The fraction of sp³-hybridized carbons (Fsp3) is 0.235. The van der Waals surface area contributed by atoms with Gasteiger partial charge in [-0.05, 0) is 42.5 Å². The van der Waals surface area contributed by atoms with Gasteiger partial charge in [0.25, 0.3) is 5.91 Å². The highest BCUT2D eigenvalue weighted by atomic mass is 19.2. The van der Waals surface area contributed by atoms with E-state index in [0.29, 0.717) is 31.9 Å². The lowest BCUT2D eigenvalue weighted by atomic mass is 10.1. The molecule has 2 aromatic carbocycles. The molecule has 120 valence electrons. The van der Waals surface area contributed by atoms with E-state index in [9.17, 15) is 13.6 Å². The molecule has 4 nitrogen and oxygen atoms in total. The van der Waals surface area contributed by atoms with Crippen molar-refractivity contribution in [3.8, 4) is 0 Å². The highest BCUT2D eigenvalue weighted by molar-refractivity contribution is 5.94. The summed E-state index contributed by atoms with van der Waals surface area (Å²) in [6.45, 7) is 2.42. The van der Waals surface area contributed by atoms with Crippen LogP contribution in [0.1, 0.15) is 10.4 Å². The Balaban J connectivity index is 1.65. The highest BCUT2D eigenvalue weighted by Crippen LogP contribution is 2.19. The van der Waals surface area contributed by atoms with Gasteiger partial charge in [-0.2, -0.15) is 0 Å². The van der Waals surface area contributed by atoms with Crippen molar-refractivity contribution < 1.29 is 13.6 Å². The first-order chi connectivity index (χ1) is 11.0. The van der Waals surface area contributed by atoms with Gasteiger partial charge in [0.15, 0.2) is 11.6 Å². The van der Waals surface area contributed by atoms with Crippen molar-refractivity contribution in [3.05, 3.63) is 59.7 Å². The van der Waals surface area contributed by atoms with Gasteiger partial charge in [-0.3, -0.25) is 4.79 Å². The number of rotatable bonds is 2. The van der Waals surface area contributed by atoms with Gasteiger partial charge >= 0.3 is 0 Å². The molecular weight excluding hydrogens is 300 g/mol. The predicted octanol–water partition coefficient (Wildman–Crippen LogP) is 2.51.